The first-order valence-electron chi connectivity index (χ1n) is 6.92. The molecule has 19 heavy (non-hydrogen) atoms. The van der Waals surface area contributed by atoms with Crippen molar-refractivity contribution in [2.75, 3.05) is 23.9 Å². The molecule has 4 nitrogen and oxygen atoms in total. The number of nitrogens with one attached hydrogen (secondary N) is 1. The van der Waals surface area contributed by atoms with E-state index in [-0.39, 0.29) is 22.8 Å². The monoisotopic (exact) mass is 307 g/mol. The van der Waals surface area contributed by atoms with Crippen LogP contribution < -0.4 is 4.72 Å². The molecule has 1 spiro atoms. The van der Waals surface area contributed by atoms with Gasteiger partial charge in [-0.1, -0.05) is 20.8 Å². The minimum absolute atomic E-state index is 0.0415. The van der Waals surface area contributed by atoms with Crippen molar-refractivity contribution in [3.05, 3.63) is 0 Å². The molecule has 0 aliphatic carbocycles. The molecule has 0 aromatic rings. The van der Waals surface area contributed by atoms with E-state index in [0.717, 1.165) is 30.8 Å². The molecule has 6 heteroatoms. The highest BCUT2D eigenvalue weighted by Gasteiger charge is 2.41. The molecular formula is C13H25NO3S2. The summed E-state index contributed by atoms with van der Waals surface area (Å²) in [5, 5.41) is 0. The minimum atomic E-state index is -3.20. The molecule has 0 radical (unpaired) electrons. The van der Waals surface area contributed by atoms with Crippen molar-refractivity contribution in [3.8, 4) is 0 Å². The van der Waals surface area contributed by atoms with Crippen LogP contribution in [0.3, 0.4) is 0 Å². The lowest BCUT2D eigenvalue weighted by Gasteiger charge is -2.38. The van der Waals surface area contributed by atoms with Gasteiger partial charge in [-0.3, -0.25) is 0 Å². The molecule has 0 amide bonds. The Morgan fingerprint density at radius 2 is 2.16 bits per heavy atom. The van der Waals surface area contributed by atoms with Gasteiger partial charge >= 0.3 is 0 Å². The molecule has 2 fully saturated rings. The highest BCUT2D eigenvalue weighted by atomic mass is 32.2. The van der Waals surface area contributed by atoms with Gasteiger partial charge in [0.15, 0.2) is 0 Å². The largest absolute Gasteiger partial charge is 0.374 e. The third-order valence-electron chi connectivity index (χ3n) is 3.53. The van der Waals surface area contributed by atoms with Crippen LogP contribution in [0.4, 0.5) is 0 Å². The molecule has 2 saturated heterocycles. The average molecular weight is 307 g/mol. The topological polar surface area (TPSA) is 55.4 Å². The highest BCUT2D eigenvalue weighted by Crippen LogP contribution is 2.38. The predicted molar refractivity (Wildman–Crippen MR) is 80.0 cm³/mol. The summed E-state index contributed by atoms with van der Waals surface area (Å²) in [4.78, 5) is 0. The molecule has 0 aromatic heterocycles. The molecule has 2 rings (SSSR count). The van der Waals surface area contributed by atoms with Gasteiger partial charge in [0.05, 0.1) is 11.4 Å². The quantitative estimate of drug-likeness (QED) is 0.866. The van der Waals surface area contributed by atoms with Gasteiger partial charge in [-0.2, -0.15) is 11.8 Å². The van der Waals surface area contributed by atoms with E-state index in [1.165, 1.54) is 0 Å². The first-order valence-corrected chi connectivity index (χ1v) is 9.72. The standard InChI is InChI=1S/C13H25NO3S2/c1-12(2,3)10-19(15,16)14-11-4-6-17-13(8-11)5-7-18-9-13/h11,14H,4-10H2,1-3H3/t11-,13+/m1/s1. The third kappa shape index (κ3) is 4.62. The fraction of sp³-hybridized carbons (Fsp3) is 1.00. The Morgan fingerprint density at radius 1 is 1.42 bits per heavy atom. The Bertz CT molecular complexity index is 408. The predicted octanol–water partition coefficient (Wildman–Crippen LogP) is 2.01. The molecule has 2 heterocycles. The molecule has 2 aliphatic rings. The highest BCUT2D eigenvalue weighted by molar-refractivity contribution is 7.99. The number of hydrogen-bond acceptors (Lipinski definition) is 4. The van der Waals surface area contributed by atoms with Gasteiger partial charge in [0, 0.05) is 18.4 Å². The van der Waals surface area contributed by atoms with Crippen LogP contribution in [-0.2, 0) is 14.8 Å². The number of hydrogen-bond donors (Lipinski definition) is 1. The van der Waals surface area contributed by atoms with Crippen LogP contribution in [0.5, 0.6) is 0 Å². The Kier molecular flexibility index (Phi) is 4.55. The summed E-state index contributed by atoms with van der Waals surface area (Å²) in [6.07, 6.45) is 2.66. The summed E-state index contributed by atoms with van der Waals surface area (Å²) in [5.74, 6) is 2.31. The Labute approximate surface area is 121 Å². The zero-order chi connectivity index (χ0) is 14.1. The maximum atomic E-state index is 12.2. The summed E-state index contributed by atoms with van der Waals surface area (Å²) >= 11 is 1.91. The Morgan fingerprint density at radius 3 is 2.74 bits per heavy atom. The van der Waals surface area contributed by atoms with E-state index >= 15 is 0 Å². The second-order valence-corrected chi connectivity index (χ2v) is 9.82. The number of thioether (sulfide) groups is 1. The first-order chi connectivity index (χ1) is 8.70. The van der Waals surface area contributed by atoms with Crippen LogP contribution in [-0.4, -0.2) is 43.9 Å². The molecule has 2 aliphatic heterocycles. The minimum Gasteiger partial charge on any atom is -0.374 e. The van der Waals surface area contributed by atoms with Crippen LogP contribution in [0.2, 0.25) is 0 Å². The second kappa shape index (κ2) is 5.54. The first kappa shape index (κ1) is 15.6. The molecule has 0 aromatic carbocycles. The fourth-order valence-corrected chi connectivity index (χ4v) is 6.17. The normalized spacial score (nSPS) is 32.9. The van der Waals surface area contributed by atoms with Gasteiger partial charge < -0.3 is 4.74 Å². The summed E-state index contributed by atoms with van der Waals surface area (Å²) in [7, 11) is -3.20. The van der Waals surface area contributed by atoms with Crippen molar-refractivity contribution in [3.63, 3.8) is 0 Å². The van der Waals surface area contributed by atoms with Gasteiger partial charge in [-0.15, -0.1) is 0 Å². The van der Waals surface area contributed by atoms with Crippen molar-refractivity contribution >= 4 is 21.8 Å². The van der Waals surface area contributed by atoms with E-state index in [2.05, 4.69) is 4.72 Å². The molecule has 2 atom stereocenters. The van der Waals surface area contributed by atoms with E-state index in [4.69, 9.17) is 4.74 Å². The number of ether oxygens (including phenoxy) is 1. The van der Waals surface area contributed by atoms with Crippen molar-refractivity contribution in [1.29, 1.82) is 0 Å². The van der Waals surface area contributed by atoms with Crippen molar-refractivity contribution in [2.45, 2.75) is 51.7 Å². The summed E-state index contributed by atoms with van der Waals surface area (Å²) in [6, 6.07) is 0.0415. The second-order valence-electron chi connectivity index (χ2n) is 6.96. The number of rotatable bonds is 3. The van der Waals surface area contributed by atoms with Gasteiger partial charge in [0.2, 0.25) is 10.0 Å². The summed E-state index contributed by atoms with van der Waals surface area (Å²) in [5.41, 5.74) is -0.282. The van der Waals surface area contributed by atoms with Gasteiger partial charge in [0.1, 0.15) is 0 Å². The third-order valence-corrected chi connectivity index (χ3v) is 6.69. The van der Waals surface area contributed by atoms with Crippen LogP contribution in [0.1, 0.15) is 40.0 Å². The van der Waals surface area contributed by atoms with E-state index in [1.54, 1.807) is 0 Å². The molecular weight excluding hydrogens is 282 g/mol. The average Bonchev–Trinajstić information content (AvgIpc) is 2.61. The lowest BCUT2D eigenvalue weighted by molar-refractivity contribution is -0.0673. The van der Waals surface area contributed by atoms with Crippen LogP contribution >= 0.6 is 11.8 Å². The van der Waals surface area contributed by atoms with Gasteiger partial charge in [-0.25, -0.2) is 13.1 Å². The molecule has 1 N–H and O–H groups in total. The van der Waals surface area contributed by atoms with E-state index in [0.29, 0.717) is 6.61 Å². The molecule has 0 bridgehead atoms. The van der Waals surface area contributed by atoms with Gasteiger partial charge in [-0.05, 0) is 30.4 Å². The fourth-order valence-electron chi connectivity index (χ4n) is 2.86. The van der Waals surface area contributed by atoms with Crippen LogP contribution in [0.25, 0.3) is 0 Å². The smallest absolute Gasteiger partial charge is 0.212 e. The maximum Gasteiger partial charge on any atom is 0.212 e. The Balaban J connectivity index is 1.95. The molecule has 0 unspecified atom stereocenters. The van der Waals surface area contributed by atoms with Crippen LogP contribution in [0.15, 0.2) is 0 Å². The Hall–Kier alpha value is 0.220. The molecule has 0 saturated carbocycles. The summed E-state index contributed by atoms with van der Waals surface area (Å²) < 4.78 is 33.1. The zero-order valence-electron chi connectivity index (χ0n) is 12.1. The number of sulfonamides is 1. The maximum absolute atomic E-state index is 12.2. The van der Waals surface area contributed by atoms with Crippen molar-refractivity contribution in [2.24, 2.45) is 5.41 Å². The zero-order valence-corrected chi connectivity index (χ0v) is 13.7. The summed E-state index contributed by atoms with van der Waals surface area (Å²) in [6.45, 7) is 6.52. The van der Waals surface area contributed by atoms with Crippen molar-refractivity contribution < 1.29 is 13.2 Å². The van der Waals surface area contributed by atoms with Crippen LogP contribution in [0, 0.1) is 5.41 Å². The lowest BCUT2D eigenvalue weighted by Crippen LogP contribution is -2.49. The van der Waals surface area contributed by atoms with E-state index in [9.17, 15) is 8.42 Å². The van der Waals surface area contributed by atoms with E-state index in [1.807, 2.05) is 32.5 Å². The lowest BCUT2D eigenvalue weighted by atomic mass is 9.90. The SMILES string of the molecule is CC(C)(C)CS(=O)(=O)N[C@@H]1CCO[C@@]2(CCSC2)C1. The van der Waals surface area contributed by atoms with Crippen molar-refractivity contribution in [1.82, 2.24) is 4.72 Å². The van der Waals surface area contributed by atoms with E-state index < -0.39 is 10.0 Å². The molecule has 112 valence electrons. The van der Waals surface area contributed by atoms with Gasteiger partial charge in [0.25, 0.3) is 0 Å².